The molecule has 2 aromatic rings. The molecule has 1 unspecified atom stereocenters. The first kappa shape index (κ1) is 15.6. The van der Waals surface area contributed by atoms with Crippen LogP contribution in [0.2, 0.25) is 0 Å². The standard InChI is InChI=1S/C18H14N4O2S/c23-14-10-19-18(22-14)25-16-15(11-6-2-1-3-7-11)20-12-8-4-5-9-13(12)21-17(16)24/h1-9,16H,10H2,(H,21,24)(H,19,22,23). The number of amides is 2. The van der Waals surface area contributed by atoms with Crippen molar-refractivity contribution in [3.8, 4) is 0 Å². The second kappa shape index (κ2) is 6.52. The van der Waals surface area contributed by atoms with Crippen LogP contribution in [0.5, 0.6) is 0 Å². The number of nitrogens with zero attached hydrogens (tertiary/aromatic N) is 2. The third-order valence-electron chi connectivity index (χ3n) is 3.80. The summed E-state index contributed by atoms with van der Waals surface area (Å²) < 4.78 is 0. The Morgan fingerprint density at radius 3 is 2.48 bits per heavy atom. The van der Waals surface area contributed by atoms with Crippen LogP contribution in [-0.2, 0) is 9.59 Å². The molecule has 4 rings (SSSR count). The number of aliphatic imine (C=N–C) groups is 2. The summed E-state index contributed by atoms with van der Waals surface area (Å²) in [5.41, 5.74) is 2.87. The number of nitrogens with one attached hydrogen (secondary N) is 2. The molecule has 0 aromatic heterocycles. The molecule has 0 fully saturated rings. The summed E-state index contributed by atoms with van der Waals surface area (Å²) in [4.78, 5) is 33.1. The van der Waals surface area contributed by atoms with Gasteiger partial charge in [-0.2, -0.15) is 0 Å². The second-order valence-corrected chi connectivity index (χ2v) is 6.63. The minimum Gasteiger partial charge on any atom is -0.323 e. The van der Waals surface area contributed by atoms with Gasteiger partial charge in [0, 0.05) is 0 Å². The predicted octanol–water partition coefficient (Wildman–Crippen LogP) is 2.35. The van der Waals surface area contributed by atoms with Crippen LogP contribution in [0.4, 0.5) is 11.4 Å². The first-order chi connectivity index (χ1) is 12.2. The van der Waals surface area contributed by atoms with Gasteiger partial charge in [0.25, 0.3) is 0 Å². The SMILES string of the molecule is O=C1CN=C(SC2C(=O)Nc3ccccc3N=C2c2ccccc2)N1. The van der Waals surface area contributed by atoms with Gasteiger partial charge in [0.1, 0.15) is 11.8 Å². The van der Waals surface area contributed by atoms with E-state index in [-0.39, 0.29) is 18.4 Å². The van der Waals surface area contributed by atoms with Crippen LogP contribution in [0.1, 0.15) is 5.56 Å². The quantitative estimate of drug-likeness (QED) is 0.872. The fourth-order valence-electron chi connectivity index (χ4n) is 2.64. The van der Waals surface area contributed by atoms with Crippen LogP contribution >= 0.6 is 11.8 Å². The minimum atomic E-state index is -0.619. The van der Waals surface area contributed by atoms with Gasteiger partial charge < -0.3 is 10.6 Å². The number of rotatable bonds is 2. The summed E-state index contributed by atoms with van der Waals surface area (Å²) in [6.07, 6.45) is 0. The fraction of sp³-hybridized carbons (Fsp3) is 0.111. The van der Waals surface area contributed by atoms with Gasteiger partial charge in [-0.05, 0) is 17.7 Å². The van der Waals surface area contributed by atoms with Crippen LogP contribution in [0.15, 0.2) is 64.6 Å². The molecule has 2 heterocycles. The lowest BCUT2D eigenvalue weighted by Crippen LogP contribution is -2.35. The molecule has 7 heteroatoms. The summed E-state index contributed by atoms with van der Waals surface area (Å²) >= 11 is 1.20. The molecule has 25 heavy (non-hydrogen) atoms. The third kappa shape index (κ3) is 3.18. The van der Waals surface area contributed by atoms with E-state index in [4.69, 9.17) is 4.99 Å². The molecule has 0 aliphatic carbocycles. The molecular formula is C18H14N4O2S. The molecule has 0 saturated carbocycles. The van der Waals surface area contributed by atoms with Gasteiger partial charge in [0.05, 0.1) is 17.1 Å². The van der Waals surface area contributed by atoms with Crippen LogP contribution < -0.4 is 10.6 Å². The number of benzene rings is 2. The highest BCUT2D eigenvalue weighted by Gasteiger charge is 2.32. The van der Waals surface area contributed by atoms with E-state index in [0.717, 1.165) is 5.56 Å². The monoisotopic (exact) mass is 350 g/mol. The predicted molar refractivity (Wildman–Crippen MR) is 99.5 cm³/mol. The summed E-state index contributed by atoms with van der Waals surface area (Å²) in [5, 5.41) is 5.42. The zero-order valence-corrected chi connectivity index (χ0v) is 13.9. The Balaban J connectivity index is 1.78. The van der Waals surface area contributed by atoms with Gasteiger partial charge in [0.2, 0.25) is 11.8 Å². The lowest BCUT2D eigenvalue weighted by Gasteiger charge is -2.16. The largest absolute Gasteiger partial charge is 0.323 e. The number of carbonyl (C=O) groups is 2. The summed E-state index contributed by atoms with van der Waals surface area (Å²) in [7, 11) is 0. The van der Waals surface area contributed by atoms with E-state index in [9.17, 15) is 9.59 Å². The lowest BCUT2D eigenvalue weighted by atomic mass is 10.1. The molecule has 2 N–H and O–H groups in total. The van der Waals surface area contributed by atoms with Crippen LogP contribution in [-0.4, -0.2) is 34.5 Å². The number of para-hydroxylation sites is 2. The summed E-state index contributed by atoms with van der Waals surface area (Å²) in [5.74, 6) is -0.362. The van der Waals surface area contributed by atoms with Gasteiger partial charge >= 0.3 is 0 Å². The fourth-order valence-corrected chi connectivity index (χ4v) is 3.64. The number of fused-ring (bicyclic) bond motifs is 1. The summed E-state index contributed by atoms with van der Waals surface area (Å²) in [6, 6.07) is 17.0. The smallest absolute Gasteiger partial charge is 0.247 e. The van der Waals surface area contributed by atoms with Crippen molar-refractivity contribution >= 4 is 45.8 Å². The number of carbonyl (C=O) groups excluding carboxylic acids is 2. The summed E-state index contributed by atoms with van der Waals surface area (Å²) in [6.45, 7) is 0.0920. The van der Waals surface area contributed by atoms with Gasteiger partial charge in [-0.3, -0.25) is 14.6 Å². The van der Waals surface area contributed by atoms with Crippen molar-refractivity contribution in [2.24, 2.45) is 9.98 Å². The molecule has 2 amide bonds. The van der Waals surface area contributed by atoms with Crippen molar-refractivity contribution in [1.82, 2.24) is 5.32 Å². The molecule has 0 saturated heterocycles. The van der Waals surface area contributed by atoms with Crippen LogP contribution in [0.25, 0.3) is 0 Å². The molecule has 0 radical (unpaired) electrons. The Morgan fingerprint density at radius 1 is 0.960 bits per heavy atom. The number of hydrogen-bond acceptors (Lipinski definition) is 5. The van der Waals surface area contributed by atoms with Gasteiger partial charge in [0.15, 0.2) is 5.17 Å². The maximum atomic E-state index is 12.8. The molecule has 0 spiro atoms. The minimum absolute atomic E-state index is 0.0920. The first-order valence-corrected chi connectivity index (χ1v) is 8.63. The Morgan fingerprint density at radius 2 is 1.72 bits per heavy atom. The molecule has 124 valence electrons. The number of anilines is 1. The highest BCUT2D eigenvalue weighted by Crippen LogP contribution is 2.32. The van der Waals surface area contributed by atoms with Crippen molar-refractivity contribution in [3.05, 3.63) is 60.2 Å². The molecule has 2 aromatic carbocycles. The Bertz CT molecular complexity index is 908. The van der Waals surface area contributed by atoms with Crippen molar-refractivity contribution < 1.29 is 9.59 Å². The molecule has 2 aliphatic heterocycles. The molecule has 6 nitrogen and oxygen atoms in total. The van der Waals surface area contributed by atoms with E-state index in [2.05, 4.69) is 15.6 Å². The first-order valence-electron chi connectivity index (χ1n) is 7.75. The van der Waals surface area contributed by atoms with Gasteiger partial charge in [-0.1, -0.05) is 54.2 Å². The zero-order valence-electron chi connectivity index (χ0n) is 13.1. The van der Waals surface area contributed by atoms with Crippen LogP contribution in [0.3, 0.4) is 0 Å². The molecule has 2 aliphatic rings. The van der Waals surface area contributed by atoms with E-state index >= 15 is 0 Å². The average molecular weight is 350 g/mol. The molecule has 0 bridgehead atoms. The lowest BCUT2D eigenvalue weighted by molar-refractivity contribution is -0.117. The van der Waals surface area contributed by atoms with E-state index in [1.807, 2.05) is 54.6 Å². The van der Waals surface area contributed by atoms with Crippen molar-refractivity contribution in [2.75, 3.05) is 11.9 Å². The van der Waals surface area contributed by atoms with Gasteiger partial charge in [-0.15, -0.1) is 0 Å². The van der Waals surface area contributed by atoms with E-state index in [1.165, 1.54) is 11.8 Å². The Labute approximate surface area is 148 Å². The highest BCUT2D eigenvalue weighted by molar-refractivity contribution is 8.15. The maximum absolute atomic E-state index is 12.8. The highest BCUT2D eigenvalue weighted by atomic mass is 32.2. The van der Waals surface area contributed by atoms with E-state index in [1.54, 1.807) is 0 Å². The third-order valence-corrected chi connectivity index (χ3v) is 4.93. The van der Waals surface area contributed by atoms with Crippen LogP contribution in [0, 0.1) is 0 Å². The number of amidine groups is 1. The Hall–Kier alpha value is -2.93. The van der Waals surface area contributed by atoms with E-state index < -0.39 is 5.25 Å². The number of hydrogen-bond donors (Lipinski definition) is 2. The number of thioether (sulfide) groups is 1. The normalized spacial score (nSPS) is 19.3. The Kier molecular flexibility index (Phi) is 4.07. The van der Waals surface area contributed by atoms with Crippen molar-refractivity contribution in [2.45, 2.75) is 5.25 Å². The maximum Gasteiger partial charge on any atom is 0.247 e. The molecular weight excluding hydrogens is 336 g/mol. The topological polar surface area (TPSA) is 82.9 Å². The zero-order chi connectivity index (χ0) is 17.2. The van der Waals surface area contributed by atoms with E-state index in [0.29, 0.717) is 22.3 Å². The molecule has 1 atom stereocenters. The average Bonchev–Trinajstić information content (AvgIpc) is 2.98. The van der Waals surface area contributed by atoms with Crippen molar-refractivity contribution in [1.29, 1.82) is 0 Å². The van der Waals surface area contributed by atoms with Crippen molar-refractivity contribution in [3.63, 3.8) is 0 Å². The van der Waals surface area contributed by atoms with Gasteiger partial charge in [-0.25, -0.2) is 4.99 Å². The second-order valence-electron chi connectivity index (χ2n) is 5.54.